The van der Waals surface area contributed by atoms with Crippen molar-refractivity contribution in [2.24, 2.45) is 0 Å². The van der Waals surface area contributed by atoms with Crippen molar-refractivity contribution >= 4 is 39.8 Å². The predicted molar refractivity (Wildman–Crippen MR) is 144 cm³/mol. The number of thioether (sulfide) groups is 1. The molecule has 198 valence electrons. The standard InChI is InChI=1S/C25H25ClN6O4S2/c1-13-19(8-15(26)9-28-13)38-24-22(33-2)20(32-10-16(30-31-32)17-12-37-25(27)29-17)21-18(35-24)11-34-23(36-21)14-6-4-3-5-7-14/h3-10,12,18,20-24H,11H2,1-2H3,(H2,27,29). The highest BCUT2D eigenvalue weighted by molar-refractivity contribution is 7.99. The fourth-order valence-electron chi connectivity index (χ4n) is 4.67. The minimum Gasteiger partial charge on any atom is -0.375 e. The maximum atomic E-state index is 6.55. The molecule has 0 spiro atoms. The van der Waals surface area contributed by atoms with Crippen molar-refractivity contribution in [3.05, 3.63) is 70.5 Å². The van der Waals surface area contributed by atoms with E-state index in [2.05, 4.69) is 20.3 Å². The number of fused-ring (bicyclic) bond motifs is 1. The Labute approximate surface area is 232 Å². The van der Waals surface area contributed by atoms with E-state index in [1.54, 1.807) is 18.0 Å². The van der Waals surface area contributed by atoms with Crippen molar-refractivity contribution in [1.82, 2.24) is 25.0 Å². The van der Waals surface area contributed by atoms with E-state index < -0.39 is 23.9 Å². The fraction of sp³-hybridized carbons (Fsp3) is 0.360. The van der Waals surface area contributed by atoms with Gasteiger partial charge in [0, 0.05) is 29.1 Å². The van der Waals surface area contributed by atoms with Gasteiger partial charge in [-0.05, 0) is 13.0 Å². The van der Waals surface area contributed by atoms with Gasteiger partial charge in [0.1, 0.15) is 41.2 Å². The summed E-state index contributed by atoms with van der Waals surface area (Å²) in [7, 11) is 1.66. The molecule has 10 nitrogen and oxygen atoms in total. The van der Waals surface area contributed by atoms with Crippen LogP contribution in [0.3, 0.4) is 0 Å². The number of aryl methyl sites for hydroxylation is 1. The van der Waals surface area contributed by atoms with Crippen LogP contribution in [0, 0.1) is 6.92 Å². The average molecular weight is 573 g/mol. The lowest BCUT2D eigenvalue weighted by molar-refractivity contribution is -0.308. The second-order valence-electron chi connectivity index (χ2n) is 8.92. The molecule has 1 aromatic carbocycles. The molecule has 0 bridgehead atoms. The number of hydrogen-bond acceptors (Lipinski definition) is 11. The van der Waals surface area contributed by atoms with Gasteiger partial charge in [-0.2, -0.15) is 0 Å². The Balaban J connectivity index is 1.36. The molecule has 6 rings (SSSR count). The van der Waals surface area contributed by atoms with Crippen LogP contribution in [-0.4, -0.2) is 62.4 Å². The van der Waals surface area contributed by atoms with Gasteiger partial charge in [0.15, 0.2) is 11.4 Å². The van der Waals surface area contributed by atoms with E-state index in [1.807, 2.05) is 54.9 Å². The highest BCUT2D eigenvalue weighted by atomic mass is 35.5. The van der Waals surface area contributed by atoms with E-state index in [-0.39, 0.29) is 12.1 Å². The van der Waals surface area contributed by atoms with Gasteiger partial charge in [-0.3, -0.25) is 4.98 Å². The SMILES string of the molecule is COC1C(Sc2cc(Cl)cnc2C)OC2COC(c3ccccc3)OC2C1n1cc(-c2csc(N)n2)nn1. The summed E-state index contributed by atoms with van der Waals surface area (Å²) in [6, 6.07) is 11.3. The summed E-state index contributed by atoms with van der Waals surface area (Å²) in [5, 5.41) is 11.7. The molecule has 0 radical (unpaired) electrons. The molecule has 0 aliphatic carbocycles. The first-order valence-electron chi connectivity index (χ1n) is 11.9. The number of aromatic nitrogens is 5. The van der Waals surface area contributed by atoms with E-state index in [1.165, 1.54) is 23.1 Å². The van der Waals surface area contributed by atoms with Gasteiger partial charge >= 0.3 is 0 Å². The summed E-state index contributed by atoms with van der Waals surface area (Å²) in [6.07, 6.45) is 1.67. The fourth-order valence-corrected chi connectivity index (χ4v) is 6.72. The zero-order chi connectivity index (χ0) is 26.2. The molecule has 0 amide bonds. The molecular formula is C25H25ClN6O4S2. The number of rotatable bonds is 6. The Morgan fingerprint density at radius 2 is 2.05 bits per heavy atom. The van der Waals surface area contributed by atoms with Crippen LogP contribution in [-0.2, 0) is 18.9 Å². The Morgan fingerprint density at radius 1 is 1.21 bits per heavy atom. The Bertz CT molecular complexity index is 1410. The zero-order valence-electron chi connectivity index (χ0n) is 20.5. The van der Waals surface area contributed by atoms with Crippen LogP contribution >= 0.6 is 34.7 Å². The molecule has 13 heteroatoms. The monoisotopic (exact) mass is 572 g/mol. The van der Waals surface area contributed by atoms with Crippen LogP contribution in [0.2, 0.25) is 5.02 Å². The molecule has 3 aromatic heterocycles. The molecule has 38 heavy (non-hydrogen) atoms. The first-order valence-corrected chi connectivity index (χ1v) is 14.1. The van der Waals surface area contributed by atoms with Crippen molar-refractivity contribution in [2.75, 3.05) is 19.5 Å². The lowest BCUT2D eigenvalue weighted by atomic mass is 9.95. The molecule has 5 heterocycles. The first-order chi connectivity index (χ1) is 18.5. The molecule has 2 N–H and O–H groups in total. The number of pyridine rings is 1. The van der Waals surface area contributed by atoms with E-state index in [4.69, 9.17) is 36.3 Å². The summed E-state index contributed by atoms with van der Waals surface area (Å²) in [4.78, 5) is 9.65. The van der Waals surface area contributed by atoms with Crippen LogP contribution in [0.4, 0.5) is 5.13 Å². The van der Waals surface area contributed by atoms with Gasteiger partial charge in [0.25, 0.3) is 0 Å². The number of benzene rings is 1. The molecular weight excluding hydrogens is 548 g/mol. The van der Waals surface area contributed by atoms with Crippen molar-refractivity contribution in [1.29, 1.82) is 0 Å². The summed E-state index contributed by atoms with van der Waals surface area (Å²) in [6.45, 7) is 2.27. The lowest BCUT2D eigenvalue weighted by Gasteiger charge is -2.48. The van der Waals surface area contributed by atoms with E-state index >= 15 is 0 Å². The third-order valence-electron chi connectivity index (χ3n) is 6.50. The molecule has 4 aromatic rings. The van der Waals surface area contributed by atoms with Crippen molar-refractivity contribution in [3.8, 4) is 11.4 Å². The van der Waals surface area contributed by atoms with Gasteiger partial charge in [-0.25, -0.2) is 9.67 Å². The summed E-state index contributed by atoms with van der Waals surface area (Å²) in [5.41, 5.74) is 8.47. The molecule has 6 atom stereocenters. The third-order valence-corrected chi connectivity index (χ3v) is 8.66. The number of nitrogen functional groups attached to an aromatic ring is 1. The van der Waals surface area contributed by atoms with E-state index in [0.29, 0.717) is 28.1 Å². The summed E-state index contributed by atoms with van der Waals surface area (Å²) >= 11 is 9.11. The quantitative estimate of drug-likeness (QED) is 0.353. The Kier molecular flexibility index (Phi) is 7.36. The number of hydrogen-bond donors (Lipinski definition) is 1. The van der Waals surface area contributed by atoms with Crippen molar-refractivity contribution in [3.63, 3.8) is 0 Å². The Hall–Kier alpha value is -2.58. The van der Waals surface area contributed by atoms with Crippen LogP contribution in [0.5, 0.6) is 0 Å². The van der Waals surface area contributed by atoms with Crippen molar-refractivity contribution in [2.45, 2.75) is 47.9 Å². The molecule has 2 aliphatic heterocycles. The summed E-state index contributed by atoms with van der Waals surface area (Å²) < 4.78 is 27.1. The minimum atomic E-state index is -0.550. The van der Waals surface area contributed by atoms with Crippen molar-refractivity contribution < 1.29 is 18.9 Å². The van der Waals surface area contributed by atoms with Crippen LogP contribution in [0.1, 0.15) is 23.6 Å². The second kappa shape index (κ2) is 10.9. The number of nitrogens with two attached hydrogens (primary N) is 1. The van der Waals surface area contributed by atoms with Crippen LogP contribution in [0.25, 0.3) is 11.4 Å². The number of halogens is 1. The topological polar surface area (TPSA) is 119 Å². The van der Waals surface area contributed by atoms with Gasteiger partial charge in [0.2, 0.25) is 0 Å². The van der Waals surface area contributed by atoms with E-state index in [0.717, 1.165) is 16.2 Å². The molecule has 2 aliphatic rings. The molecule has 2 saturated heterocycles. The zero-order valence-corrected chi connectivity index (χ0v) is 22.9. The van der Waals surface area contributed by atoms with Gasteiger partial charge in [0.05, 0.1) is 23.5 Å². The van der Waals surface area contributed by atoms with Crippen LogP contribution in [0.15, 0.2) is 59.1 Å². The number of anilines is 1. The summed E-state index contributed by atoms with van der Waals surface area (Å²) in [5.74, 6) is 0. The lowest BCUT2D eigenvalue weighted by Crippen LogP contribution is -2.59. The van der Waals surface area contributed by atoms with Gasteiger partial charge in [-0.1, -0.05) is 58.9 Å². The number of nitrogens with zero attached hydrogens (tertiary/aromatic N) is 5. The first kappa shape index (κ1) is 25.7. The third kappa shape index (κ3) is 5.05. The number of thiazole rings is 1. The molecule has 2 fully saturated rings. The van der Waals surface area contributed by atoms with E-state index in [9.17, 15) is 0 Å². The maximum Gasteiger partial charge on any atom is 0.184 e. The minimum absolute atomic E-state index is 0.338. The number of methoxy groups -OCH3 is 1. The van der Waals surface area contributed by atoms with Gasteiger partial charge in [-0.15, -0.1) is 16.4 Å². The maximum absolute atomic E-state index is 6.55. The highest BCUT2D eigenvalue weighted by Crippen LogP contribution is 2.45. The normalized spacial score (nSPS) is 27.2. The van der Waals surface area contributed by atoms with Gasteiger partial charge < -0.3 is 24.7 Å². The Morgan fingerprint density at radius 3 is 2.82 bits per heavy atom. The second-order valence-corrected chi connectivity index (χ2v) is 11.4. The number of ether oxygens (including phenoxy) is 4. The highest BCUT2D eigenvalue weighted by Gasteiger charge is 2.52. The molecule has 0 saturated carbocycles. The predicted octanol–water partition coefficient (Wildman–Crippen LogP) is 4.53. The average Bonchev–Trinajstić information content (AvgIpc) is 3.59. The van der Waals surface area contributed by atoms with Crippen LogP contribution < -0.4 is 5.73 Å². The largest absolute Gasteiger partial charge is 0.375 e. The smallest absolute Gasteiger partial charge is 0.184 e. The molecule has 6 unspecified atom stereocenters.